The van der Waals surface area contributed by atoms with Gasteiger partial charge in [-0.15, -0.1) is 0 Å². The number of pyridine rings is 1. The van der Waals surface area contributed by atoms with Crippen LogP contribution in [0.3, 0.4) is 0 Å². The molecule has 3 aromatic rings. The van der Waals surface area contributed by atoms with Crippen LogP contribution in [0.25, 0.3) is 10.9 Å². The molecule has 3 rings (SSSR count). The second-order valence-electron chi connectivity index (χ2n) is 5.81. The van der Waals surface area contributed by atoms with Crippen molar-refractivity contribution in [2.45, 2.75) is 17.7 Å². The third-order valence-corrected chi connectivity index (χ3v) is 5.27. The van der Waals surface area contributed by atoms with Crippen LogP contribution in [0, 0.1) is 4.78 Å². The molecule has 0 aliphatic heterocycles. The average molecular weight is 340 g/mol. The predicted octanol–water partition coefficient (Wildman–Crippen LogP) is 4.06. The van der Waals surface area contributed by atoms with Crippen LogP contribution in [0.15, 0.2) is 59.6 Å². The zero-order valence-electron chi connectivity index (χ0n) is 13.8. The maximum Gasteiger partial charge on any atom is 0.145 e. The van der Waals surface area contributed by atoms with E-state index in [1.807, 2.05) is 36.5 Å². The number of ether oxygens (including phenoxy) is 1. The summed E-state index contributed by atoms with van der Waals surface area (Å²) in [5, 5.41) is 1.11. The first kappa shape index (κ1) is 16.5. The Hall–Kier alpha value is -2.40. The predicted molar refractivity (Wildman–Crippen MR) is 97.2 cm³/mol. The normalized spacial score (nSPS) is 13.6. The van der Waals surface area contributed by atoms with Crippen LogP contribution in [0.5, 0.6) is 5.75 Å². The lowest BCUT2D eigenvalue weighted by molar-refractivity contribution is 0.419. The topological polar surface area (TPSA) is 63.0 Å². The lowest BCUT2D eigenvalue weighted by Gasteiger charge is -2.09. The number of aryl methyl sites for hydroxylation is 2. The summed E-state index contributed by atoms with van der Waals surface area (Å²) >= 11 is 0. The highest BCUT2D eigenvalue weighted by molar-refractivity contribution is 7.91. The van der Waals surface area contributed by atoms with E-state index >= 15 is 0 Å². The fourth-order valence-electron chi connectivity index (χ4n) is 2.78. The van der Waals surface area contributed by atoms with Gasteiger partial charge >= 0.3 is 0 Å². The number of fused-ring (bicyclic) bond motifs is 1. The summed E-state index contributed by atoms with van der Waals surface area (Å²) in [7, 11) is -0.990. The molecule has 1 N–H and O–H groups in total. The molecule has 0 saturated carbocycles. The molecule has 1 atom stereocenters. The molecule has 0 aliphatic carbocycles. The van der Waals surface area contributed by atoms with E-state index in [-0.39, 0.29) is 0 Å². The number of rotatable bonds is 5. The highest BCUT2D eigenvalue weighted by atomic mass is 32.2. The molecule has 0 spiro atoms. The zero-order chi connectivity index (χ0) is 17.2. The summed E-state index contributed by atoms with van der Waals surface area (Å²) in [6.45, 7) is 0. The van der Waals surface area contributed by atoms with Crippen molar-refractivity contribution < 1.29 is 8.95 Å². The van der Waals surface area contributed by atoms with Crippen molar-refractivity contribution in [3.05, 3.63) is 65.9 Å². The Bertz CT molecular complexity index is 964. The van der Waals surface area contributed by atoms with Gasteiger partial charge in [0.2, 0.25) is 0 Å². The van der Waals surface area contributed by atoms with Gasteiger partial charge in [0, 0.05) is 22.7 Å². The van der Waals surface area contributed by atoms with E-state index in [1.54, 1.807) is 19.2 Å². The number of hydrogen-bond acceptors (Lipinski definition) is 4. The average Bonchev–Trinajstić information content (AvgIpc) is 2.59. The molecule has 0 amide bonds. The van der Waals surface area contributed by atoms with E-state index in [2.05, 4.69) is 11.1 Å². The van der Waals surface area contributed by atoms with Crippen LogP contribution < -0.4 is 4.74 Å². The third-order valence-electron chi connectivity index (χ3n) is 4.10. The Morgan fingerprint density at radius 1 is 1.08 bits per heavy atom. The van der Waals surface area contributed by atoms with Gasteiger partial charge in [-0.2, -0.15) is 0 Å². The molecular formula is C19H20N2O2S. The number of hydrogen-bond donors (Lipinski definition) is 1. The van der Waals surface area contributed by atoms with E-state index in [4.69, 9.17) is 9.52 Å². The number of aromatic nitrogens is 1. The van der Waals surface area contributed by atoms with Gasteiger partial charge in [0.1, 0.15) is 11.3 Å². The second-order valence-corrected chi connectivity index (χ2v) is 7.97. The summed E-state index contributed by atoms with van der Waals surface area (Å²) in [6, 6.07) is 15.5. The highest BCUT2D eigenvalue weighted by Crippen LogP contribution is 2.26. The van der Waals surface area contributed by atoms with Gasteiger partial charge in [0.05, 0.1) is 16.8 Å². The van der Waals surface area contributed by atoms with Crippen LogP contribution in [-0.2, 0) is 22.6 Å². The molecule has 0 aliphatic rings. The number of nitrogens with one attached hydrogen (secondary N) is 1. The molecule has 0 saturated heterocycles. The minimum absolute atomic E-state index is 0.574. The number of nitrogens with zero attached hydrogens (tertiary/aromatic N) is 1. The molecule has 1 heterocycles. The molecule has 0 radical (unpaired) electrons. The fraction of sp³-hybridized carbons (Fsp3) is 0.211. The lowest BCUT2D eigenvalue weighted by Crippen LogP contribution is -1.97. The molecule has 2 aromatic carbocycles. The quantitative estimate of drug-likeness (QED) is 0.762. The Balaban J connectivity index is 1.83. The summed E-state index contributed by atoms with van der Waals surface area (Å²) in [6.07, 6.45) is 5.02. The van der Waals surface area contributed by atoms with Gasteiger partial charge < -0.3 is 4.74 Å². The Labute approximate surface area is 142 Å². The van der Waals surface area contributed by atoms with Gasteiger partial charge in [-0.1, -0.05) is 24.3 Å². The first-order valence-electron chi connectivity index (χ1n) is 7.72. The van der Waals surface area contributed by atoms with E-state index in [0.29, 0.717) is 4.90 Å². The van der Waals surface area contributed by atoms with E-state index in [0.717, 1.165) is 35.1 Å². The van der Waals surface area contributed by atoms with Crippen LogP contribution in [0.2, 0.25) is 0 Å². The van der Waals surface area contributed by atoms with Crippen molar-refractivity contribution in [3.8, 4) is 5.75 Å². The van der Waals surface area contributed by atoms with Gasteiger partial charge in [-0.3, -0.25) is 4.98 Å². The lowest BCUT2D eigenvalue weighted by atomic mass is 10.0. The number of para-hydroxylation sites is 1. The van der Waals surface area contributed by atoms with Crippen molar-refractivity contribution in [2.24, 2.45) is 0 Å². The van der Waals surface area contributed by atoms with Crippen molar-refractivity contribution in [1.29, 1.82) is 4.78 Å². The SMILES string of the molecule is COc1cccc2c(CCc3ccc(S(C)(=N)=O)cc3)ccnc12. The number of methoxy groups -OCH3 is 1. The Kier molecular flexibility index (Phi) is 4.53. The minimum atomic E-state index is -2.65. The van der Waals surface area contributed by atoms with Crippen LogP contribution >= 0.6 is 0 Å². The summed E-state index contributed by atoms with van der Waals surface area (Å²) in [4.78, 5) is 5.00. The number of benzene rings is 2. The second kappa shape index (κ2) is 6.61. The molecule has 1 aromatic heterocycles. The van der Waals surface area contributed by atoms with E-state index in [9.17, 15) is 4.21 Å². The summed E-state index contributed by atoms with van der Waals surface area (Å²) in [5.41, 5.74) is 3.27. The largest absolute Gasteiger partial charge is 0.494 e. The molecule has 5 heteroatoms. The van der Waals surface area contributed by atoms with E-state index < -0.39 is 9.73 Å². The Morgan fingerprint density at radius 3 is 2.50 bits per heavy atom. The summed E-state index contributed by atoms with van der Waals surface area (Å²) < 4.78 is 24.7. The van der Waals surface area contributed by atoms with E-state index in [1.165, 1.54) is 11.8 Å². The van der Waals surface area contributed by atoms with Gasteiger partial charge in [0.25, 0.3) is 0 Å². The van der Waals surface area contributed by atoms with Crippen molar-refractivity contribution in [2.75, 3.05) is 13.4 Å². The summed E-state index contributed by atoms with van der Waals surface area (Å²) in [5.74, 6) is 0.784. The van der Waals surface area contributed by atoms with Crippen molar-refractivity contribution >= 4 is 20.6 Å². The molecule has 4 nitrogen and oxygen atoms in total. The molecule has 0 bridgehead atoms. The van der Waals surface area contributed by atoms with Gasteiger partial charge in [-0.25, -0.2) is 8.99 Å². The maximum absolute atomic E-state index is 11.7. The first-order chi connectivity index (χ1) is 11.5. The molecule has 0 fully saturated rings. The monoisotopic (exact) mass is 340 g/mol. The standard InChI is InChI=1S/C19H20N2O2S/c1-23-18-5-3-4-17-15(12-13-21-19(17)18)9-6-14-7-10-16(11-8-14)24(2,20)22/h3-5,7-8,10-13,20H,6,9H2,1-2H3. The zero-order valence-corrected chi connectivity index (χ0v) is 14.6. The molecule has 1 unspecified atom stereocenters. The van der Waals surface area contributed by atoms with Crippen LogP contribution in [0.1, 0.15) is 11.1 Å². The van der Waals surface area contributed by atoms with Gasteiger partial charge in [-0.05, 0) is 48.2 Å². The fourth-order valence-corrected chi connectivity index (χ4v) is 3.44. The third kappa shape index (κ3) is 3.41. The first-order valence-corrected chi connectivity index (χ1v) is 9.69. The molecule has 124 valence electrons. The smallest absolute Gasteiger partial charge is 0.145 e. The van der Waals surface area contributed by atoms with Crippen molar-refractivity contribution in [1.82, 2.24) is 4.98 Å². The minimum Gasteiger partial charge on any atom is -0.494 e. The van der Waals surface area contributed by atoms with Crippen molar-refractivity contribution in [3.63, 3.8) is 0 Å². The molecule has 24 heavy (non-hydrogen) atoms. The van der Waals surface area contributed by atoms with Crippen LogP contribution in [0.4, 0.5) is 0 Å². The van der Waals surface area contributed by atoms with Crippen LogP contribution in [-0.4, -0.2) is 22.6 Å². The maximum atomic E-state index is 11.7. The highest BCUT2D eigenvalue weighted by Gasteiger charge is 2.07. The molecular weight excluding hydrogens is 320 g/mol. The Morgan fingerprint density at radius 2 is 1.83 bits per heavy atom. The van der Waals surface area contributed by atoms with Gasteiger partial charge in [0.15, 0.2) is 0 Å².